The highest BCUT2D eigenvalue weighted by Crippen LogP contribution is 2.28. The Labute approximate surface area is 233 Å². The highest BCUT2D eigenvalue weighted by atomic mass is 16.2. The lowest BCUT2D eigenvalue weighted by atomic mass is 9.86. The topological polar surface area (TPSA) is 96.9 Å². The Morgan fingerprint density at radius 1 is 0.800 bits per heavy atom. The number of carbonyl (C=O) groups excluding carboxylic acids is 2. The van der Waals surface area contributed by atoms with Crippen LogP contribution in [-0.2, 0) is 5.41 Å². The van der Waals surface area contributed by atoms with E-state index in [4.69, 9.17) is 0 Å². The number of rotatable bonds is 6. The number of nitrogens with zero attached hydrogens (tertiary/aromatic N) is 3. The molecule has 0 spiro atoms. The maximum absolute atomic E-state index is 13.3. The first-order valence-electron chi connectivity index (χ1n) is 13.2. The number of nitrogens with one attached hydrogen (secondary N) is 2. The zero-order valence-electron chi connectivity index (χ0n) is 23.0. The van der Waals surface area contributed by atoms with Crippen molar-refractivity contribution in [1.29, 1.82) is 0 Å². The molecule has 2 aromatic carbocycles. The van der Waals surface area contributed by atoms with Crippen LogP contribution in [0.15, 0.2) is 97.5 Å². The Balaban J connectivity index is 1.32. The Kier molecular flexibility index (Phi) is 7.38. The molecule has 3 heterocycles. The summed E-state index contributed by atoms with van der Waals surface area (Å²) < 4.78 is 0. The smallest absolute Gasteiger partial charge is 0.257 e. The molecular formula is C33H31N5O2. The maximum atomic E-state index is 13.3. The second kappa shape index (κ2) is 11.1. The van der Waals surface area contributed by atoms with Crippen LogP contribution in [0.1, 0.15) is 65.7 Å². The molecule has 5 rings (SSSR count). The van der Waals surface area contributed by atoms with Gasteiger partial charge in [-0.15, -0.1) is 0 Å². The van der Waals surface area contributed by atoms with Gasteiger partial charge in [-0.25, -0.2) is 0 Å². The van der Waals surface area contributed by atoms with E-state index in [1.807, 2.05) is 43.3 Å². The molecule has 7 nitrogen and oxygen atoms in total. The number of pyridine rings is 3. The number of carbonyl (C=O) groups is 2. The molecule has 0 radical (unpaired) electrons. The molecule has 3 aromatic heterocycles. The third-order valence-corrected chi connectivity index (χ3v) is 6.76. The average molecular weight is 530 g/mol. The molecule has 0 saturated carbocycles. The van der Waals surface area contributed by atoms with Crippen molar-refractivity contribution in [1.82, 2.24) is 20.3 Å². The highest BCUT2D eigenvalue weighted by Gasteiger charge is 2.18. The van der Waals surface area contributed by atoms with Crippen LogP contribution >= 0.6 is 0 Å². The summed E-state index contributed by atoms with van der Waals surface area (Å²) in [5.41, 5.74) is 5.72. The van der Waals surface area contributed by atoms with E-state index in [-0.39, 0.29) is 23.3 Å². The van der Waals surface area contributed by atoms with Crippen molar-refractivity contribution in [2.24, 2.45) is 0 Å². The second-order valence-electron chi connectivity index (χ2n) is 10.8. The third kappa shape index (κ3) is 5.89. The molecule has 40 heavy (non-hydrogen) atoms. The van der Waals surface area contributed by atoms with Crippen molar-refractivity contribution < 1.29 is 9.59 Å². The lowest BCUT2D eigenvalue weighted by Crippen LogP contribution is -2.27. The summed E-state index contributed by atoms with van der Waals surface area (Å²) in [6.07, 6.45) is 4.93. The van der Waals surface area contributed by atoms with Crippen molar-refractivity contribution in [2.45, 2.75) is 39.2 Å². The SMILES string of the molecule is C[C@@H](NC(=O)c1cnc2cc(NC(=O)c3cccnc3-c3ccc(C(C)(C)C)cc3)ccc2c1)c1ccccn1. The number of benzene rings is 2. The molecule has 0 aliphatic carbocycles. The van der Waals surface area contributed by atoms with Crippen LogP contribution in [-0.4, -0.2) is 26.8 Å². The molecule has 2 amide bonds. The van der Waals surface area contributed by atoms with Gasteiger partial charge >= 0.3 is 0 Å². The zero-order valence-corrected chi connectivity index (χ0v) is 23.0. The van der Waals surface area contributed by atoms with E-state index in [0.717, 1.165) is 16.6 Å². The van der Waals surface area contributed by atoms with Crippen molar-refractivity contribution in [2.75, 3.05) is 5.32 Å². The highest BCUT2D eigenvalue weighted by molar-refractivity contribution is 6.08. The Bertz CT molecular complexity index is 1680. The van der Waals surface area contributed by atoms with Crippen molar-refractivity contribution in [3.05, 3.63) is 120 Å². The zero-order chi connectivity index (χ0) is 28.3. The molecule has 0 aliphatic heterocycles. The molecular weight excluding hydrogens is 498 g/mol. The van der Waals surface area contributed by atoms with Crippen LogP contribution in [0.2, 0.25) is 0 Å². The molecule has 200 valence electrons. The van der Waals surface area contributed by atoms with Gasteiger partial charge < -0.3 is 10.6 Å². The van der Waals surface area contributed by atoms with Gasteiger partial charge in [-0.3, -0.25) is 24.5 Å². The molecule has 0 bridgehead atoms. The van der Waals surface area contributed by atoms with Crippen LogP contribution in [0.3, 0.4) is 0 Å². The first-order chi connectivity index (χ1) is 19.2. The molecule has 0 aliphatic rings. The number of hydrogen-bond donors (Lipinski definition) is 2. The van der Waals surface area contributed by atoms with Crippen LogP contribution in [0, 0.1) is 0 Å². The molecule has 0 fully saturated rings. The minimum Gasteiger partial charge on any atom is -0.344 e. The van der Waals surface area contributed by atoms with Crippen molar-refractivity contribution in [3.8, 4) is 11.3 Å². The third-order valence-electron chi connectivity index (χ3n) is 6.76. The van der Waals surface area contributed by atoms with Crippen LogP contribution in [0.4, 0.5) is 5.69 Å². The van der Waals surface area contributed by atoms with Crippen molar-refractivity contribution >= 4 is 28.4 Å². The monoisotopic (exact) mass is 529 g/mol. The molecule has 1 atom stereocenters. The summed E-state index contributed by atoms with van der Waals surface area (Å²) >= 11 is 0. The molecule has 7 heteroatoms. The minimum absolute atomic E-state index is 0.0373. The standard InChI is InChI=1S/C33H31N5O2/c1-21(28-9-5-6-16-34-28)37-31(39)24-18-23-12-15-26(19-29(23)36-20-24)38-32(40)27-8-7-17-35-30(27)22-10-13-25(14-11-22)33(2,3)4/h5-21H,1-4H3,(H,37,39)(H,38,40)/t21-/m1/s1. The van der Waals surface area contributed by atoms with Gasteiger partial charge in [0, 0.05) is 35.2 Å². The normalized spacial score (nSPS) is 12.1. The first kappa shape index (κ1) is 26.7. The first-order valence-corrected chi connectivity index (χ1v) is 13.2. The van der Waals surface area contributed by atoms with Crippen LogP contribution in [0.25, 0.3) is 22.2 Å². The fourth-order valence-corrected chi connectivity index (χ4v) is 4.45. The molecule has 0 unspecified atom stereocenters. The number of hydrogen-bond acceptors (Lipinski definition) is 5. The van der Waals surface area contributed by atoms with E-state index in [2.05, 4.69) is 58.5 Å². The maximum Gasteiger partial charge on any atom is 0.257 e. The Hall–Kier alpha value is -4.91. The van der Waals surface area contributed by atoms with Gasteiger partial charge in [0.15, 0.2) is 0 Å². The Morgan fingerprint density at radius 3 is 2.30 bits per heavy atom. The van der Waals surface area contributed by atoms with E-state index in [1.54, 1.807) is 42.7 Å². The van der Waals surface area contributed by atoms with E-state index in [1.165, 1.54) is 11.8 Å². The fourth-order valence-electron chi connectivity index (χ4n) is 4.45. The summed E-state index contributed by atoms with van der Waals surface area (Å²) in [4.78, 5) is 39.4. The summed E-state index contributed by atoms with van der Waals surface area (Å²) in [5.74, 6) is -0.494. The number of anilines is 1. The summed E-state index contributed by atoms with van der Waals surface area (Å²) in [6, 6.07) is 24.3. The van der Waals surface area contributed by atoms with Crippen LogP contribution in [0.5, 0.6) is 0 Å². The van der Waals surface area contributed by atoms with Gasteiger partial charge in [0.05, 0.1) is 34.1 Å². The molecule has 2 N–H and O–H groups in total. The summed E-state index contributed by atoms with van der Waals surface area (Å²) in [6.45, 7) is 8.39. The van der Waals surface area contributed by atoms with E-state index in [0.29, 0.717) is 28.0 Å². The van der Waals surface area contributed by atoms with Gasteiger partial charge in [0.2, 0.25) is 0 Å². The van der Waals surface area contributed by atoms with Crippen LogP contribution < -0.4 is 10.6 Å². The predicted octanol–water partition coefficient (Wildman–Crippen LogP) is 6.73. The van der Waals surface area contributed by atoms with E-state index >= 15 is 0 Å². The largest absolute Gasteiger partial charge is 0.344 e. The second-order valence-corrected chi connectivity index (χ2v) is 10.8. The number of fused-ring (bicyclic) bond motifs is 1. The quantitative estimate of drug-likeness (QED) is 0.254. The summed E-state index contributed by atoms with van der Waals surface area (Å²) in [7, 11) is 0. The molecule has 0 saturated heterocycles. The molecule has 5 aromatic rings. The Morgan fingerprint density at radius 2 is 1.57 bits per heavy atom. The lowest BCUT2D eigenvalue weighted by Gasteiger charge is -2.19. The number of aromatic nitrogens is 3. The number of amides is 2. The van der Waals surface area contributed by atoms with Gasteiger partial charge in [-0.2, -0.15) is 0 Å². The predicted molar refractivity (Wildman–Crippen MR) is 158 cm³/mol. The average Bonchev–Trinajstić information content (AvgIpc) is 2.97. The minimum atomic E-state index is -0.262. The van der Waals surface area contributed by atoms with E-state index in [9.17, 15) is 9.59 Å². The van der Waals surface area contributed by atoms with Gasteiger partial charge in [0.25, 0.3) is 11.8 Å². The summed E-state index contributed by atoms with van der Waals surface area (Å²) in [5, 5.41) is 6.72. The van der Waals surface area contributed by atoms with Gasteiger partial charge in [-0.1, -0.05) is 57.2 Å². The van der Waals surface area contributed by atoms with Gasteiger partial charge in [-0.05, 0) is 60.4 Å². The van der Waals surface area contributed by atoms with Crippen molar-refractivity contribution in [3.63, 3.8) is 0 Å². The lowest BCUT2D eigenvalue weighted by molar-refractivity contribution is 0.0938. The fraction of sp³-hybridized carbons (Fsp3) is 0.182. The van der Waals surface area contributed by atoms with Gasteiger partial charge in [0.1, 0.15) is 0 Å². The van der Waals surface area contributed by atoms with E-state index < -0.39 is 0 Å².